The van der Waals surface area contributed by atoms with Crippen molar-refractivity contribution in [3.63, 3.8) is 0 Å². The van der Waals surface area contributed by atoms with Gasteiger partial charge in [-0.1, -0.05) is 39.5 Å². The Labute approximate surface area is 123 Å². The van der Waals surface area contributed by atoms with Crippen molar-refractivity contribution in [2.45, 2.75) is 52.1 Å². The fourth-order valence-corrected chi connectivity index (χ4v) is 2.85. The lowest BCUT2D eigenvalue weighted by molar-refractivity contribution is -0.873. The van der Waals surface area contributed by atoms with Gasteiger partial charge in [-0.05, 0) is 12.3 Å². The van der Waals surface area contributed by atoms with Gasteiger partial charge in [0.15, 0.2) is 0 Å². The summed E-state index contributed by atoms with van der Waals surface area (Å²) in [4.78, 5) is 18.1. The maximum atomic E-state index is 11.1. The van der Waals surface area contributed by atoms with Crippen molar-refractivity contribution in [1.82, 2.24) is 6.15 Å². The molecule has 7 heteroatoms. The van der Waals surface area contributed by atoms with Crippen molar-refractivity contribution in [1.29, 1.82) is 0 Å². The Hall–Kier alpha value is 0.0300. The van der Waals surface area contributed by atoms with Crippen LogP contribution in [0.1, 0.15) is 46.0 Å². The number of quaternary nitrogens is 1. The molecular weight excluding hydrogens is 279 g/mol. The summed E-state index contributed by atoms with van der Waals surface area (Å²) in [6.07, 6.45) is 4.77. The van der Waals surface area contributed by atoms with Crippen molar-refractivity contribution >= 4 is 7.82 Å². The molecule has 2 atom stereocenters. The molecule has 0 spiro atoms. The van der Waals surface area contributed by atoms with Gasteiger partial charge in [-0.3, -0.25) is 4.52 Å². The predicted octanol–water partition coefficient (Wildman–Crippen LogP) is 2.94. The van der Waals surface area contributed by atoms with Crippen molar-refractivity contribution in [3.8, 4) is 0 Å². The van der Waals surface area contributed by atoms with E-state index >= 15 is 0 Å². The lowest BCUT2D eigenvalue weighted by Crippen LogP contribution is -2.42. The Morgan fingerprint density at radius 1 is 1.20 bits per heavy atom. The SMILES string of the molecule is CCCCC(CC)CC(C[N+](C)(C)C)OP(=O)(O)O.N. The first-order valence-electron chi connectivity index (χ1n) is 7.11. The summed E-state index contributed by atoms with van der Waals surface area (Å²) in [6.45, 7) is 4.89. The van der Waals surface area contributed by atoms with E-state index in [1.807, 2.05) is 21.1 Å². The third kappa shape index (κ3) is 13.0. The van der Waals surface area contributed by atoms with Crippen LogP contribution in [-0.2, 0) is 9.09 Å². The lowest BCUT2D eigenvalue weighted by atomic mass is 9.93. The summed E-state index contributed by atoms with van der Waals surface area (Å²) in [7, 11) is 1.60. The average molecular weight is 313 g/mol. The molecule has 6 nitrogen and oxygen atoms in total. The van der Waals surface area contributed by atoms with Gasteiger partial charge < -0.3 is 20.4 Å². The zero-order chi connectivity index (χ0) is 15.1. The van der Waals surface area contributed by atoms with E-state index in [4.69, 9.17) is 14.3 Å². The highest BCUT2D eigenvalue weighted by atomic mass is 31.2. The van der Waals surface area contributed by atoms with Gasteiger partial charge >= 0.3 is 7.82 Å². The topological polar surface area (TPSA) is 102 Å². The molecule has 5 N–H and O–H groups in total. The number of nitrogens with zero attached hydrogens (tertiary/aromatic N) is 1. The normalized spacial score (nSPS) is 15.6. The molecule has 0 aromatic carbocycles. The van der Waals surface area contributed by atoms with Crippen molar-refractivity contribution < 1.29 is 23.4 Å². The zero-order valence-corrected chi connectivity index (χ0v) is 14.6. The molecule has 2 unspecified atom stereocenters. The van der Waals surface area contributed by atoms with E-state index in [1.165, 1.54) is 0 Å². The number of phosphoric ester groups is 1. The monoisotopic (exact) mass is 313 g/mol. The Balaban J connectivity index is 0. The molecule has 0 fully saturated rings. The number of rotatable bonds is 10. The van der Waals surface area contributed by atoms with Crippen LogP contribution in [0.2, 0.25) is 0 Å². The van der Waals surface area contributed by atoms with Gasteiger partial charge in [-0.2, -0.15) is 0 Å². The molecule has 0 radical (unpaired) electrons. The van der Waals surface area contributed by atoms with Crippen LogP contribution in [0.4, 0.5) is 0 Å². The van der Waals surface area contributed by atoms with Crippen LogP contribution in [0.5, 0.6) is 0 Å². The first kappa shape index (κ1) is 22.3. The Bertz CT molecular complexity index is 289. The molecule has 0 rings (SSSR count). The van der Waals surface area contributed by atoms with Crippen molar-refractivity contribution in [2.24, 2.45) is 5.92 Å². The van der Waals surface area contributed by atoms with Gasteiger partial charge in [0.25, 0.3) is 0 Å². The van der Waals surface area contributed by atoms with Gasteiger partial charge in [-0.25, -0.2) is 4.57 Å². The molecule has 0 heterocycles. The van der Waals surface area contributed by atoms with E-state index in [1.54, 1.807) is 0 Å². The lowest BCUT2D eigenvalue weighted by Gasteiger charge is -2.31. The molecule has 0 saturated heterocycles. The third-order valence-electron chi connectivity index (χ3n) is 3.18. The van der Waals surface area contributed by atoms with Gasteiger partial charge in [0.2, 0.25) is 0 Å². The van der Waals surface area contributed by atoms with Gasteiger partial charge in [0.05, 0.1) is 21.1 Å². The molecule has 20 heavy (non-hydrogen) atoms. The predicted molar refractivity (Wildman–Crippen MR) is 82.8 cm³/mol. The van der Waals surface area contributed by atoms with Crippen LogP contribution >= 0.6 is 7.82 Å². The minimum atomic E-state index is -4.41. The Kier molecular flexibility index (Phi) is 11.0. The Morgan fingerprint density at radius 3 is 2.10 bits per heavy atom. The molecule has 124 valence electrons. The third-order valence-corrected chi connectivity index (χ3v) is 3.75. The van der Waals surface area contributed by atoms with Crippen LogP contribution in [0, 0.1) is 5.92 Å². The minimum absolute atomic E-state index is 0. The Morgan fingerprint density at radius 2 is 1.75 bits per heavy atom. The van der Waals surface area contributed by atoms with Gasteiger partial charge in [0.1, 0.15) is 12.6 Å². The first-order chi connectivity index (χ1) is 8.57. The number of hydrogen-bond acceptors (Lipinski definition) is 3. The van der Waals surface area contributed by atoms with Crippen LogP contribution in [-0.4, -0.2) is 48.1 Å². The zero-order valence-electron chi connectivity index (χ0n) is 13.7. The summed E-state index contributed by atoms with van der Waals surface area (Å²) in [6, 6.07) is 0. The van der Waals surface area contributed by atoms with Crippen molar-refractivity contribution in [3.05, 3.63) is 0 Å². The van der Waals surface area contributed by atoms with E-state index in [-0.39, 0.29) is 12.3 Å². The molecule has 0 bridgehead atoms. The molecule has 0 aromatic heterocycles. The van der Waals surface area contributed by atoms with Crippen molar-refractivity contribution in [2.75, 3.05) is 27.7 Å². The van der Waals surface area contributed by atoms with Crippen LogP contribution < -0.4 is 6.15 Å². The second-order valence-electron chi connectivity index (χ2n) is 6.34. The van der Waals surface area contributed by atoms with Gasteiger partial charge in [-0.15, -0.1) is 0 Å². The standard InChI is InChI=1S/C13H30NO4P.H3N/c1-6-8-9-12(7-2)10-13(11-14(3,4)5)18-19(15,16)17;/h12-13H,6-11H2,1-5H3,(H-,15,16,17);1H3/p+1. The molecule has 0 aliphatic carbocycles. The molecule has 0 aromatic rings. The summed E-state index contributed by atoms with van der Waals surface area (Å²) in [5.41, 5.74) is 0. The average Bonchev–Trinajstić information content (AvgIpc) is 2.19. The van der Waals surface area contributed by atoms with E-state index in [2.05, 4.69) is 13.8 Å². The molecule has 0 aliphatic heterocycles. The minimum Gasteiger partial charge on any atom is -0.344 e. The molecule has 0 amide bonds. The molecular formula is C13H34N2O4P+. The van der Waals surface area contributed by atoms with E-state index in [0.29, 0.717) is 16.9 Å². The van der Waals surface area contributed by atoms with Crippen LogP contribution in [0.3, 0.4) is 0 Å². The van der Waals surface area contributed by atoms with E-state index < -0.39 is 7.82 Å². The number of hydrogen-bond donors (Lipinski definition) is 3. The van der Waals surface area contributed by atoms with Crippen LogP contribution in [0.25, 0.3) is 0 Å². The maximum Gasteiger partial charge on any atom is 0.470 e. The highest BCUT2D eigenvalue weighted by molar-refractivity contribution is 7.46. The van der Waals surface area contributed by atoms with Gasteiger partial charge in [0, 0.05) is 0 Å². The summed E-state index contributed by atoms with van der Waals surface area (Å²) >= 11 is 0. The molecule has 0 aliphatic rings. The number of phosphoric acid groups is 1. The smallest absolute Gasteiger partial charge is 0.344 e. The number of unbranched alkanes of at least 4 members (excludes halogenated alkanes) is 1. The largest absolute Gasteiger partial charge is 0.470 e. The summed E-state index contributed by atoms with van der Waals surface area (Å²) in [5, 5.41) is 0. The highest BCUT2D eigenvalue weighted by Gasteiger charge is 2.28. The fraction of sp³-hybridized carbons (Fsp3) is 1.00. The fourth-order valence-electron chi connectivity index (χ4n) is 2.31. The second-order valence-corrected chi connectivity index (χ2v) is 7.54. The van der Waals surface area contributed by atoms with E-state index in [9.17, 15) is 4.57 Å². The van der Waals surface area contributed by atoms with Crippen LogP contribution in [0.15, 0.2) is 0 Å². The first-order valence-corrected chi connectivity index (χ1v) is 8.64. The number of likely N-dealkylation sites (N-methyl/N-ethyl adjacent to an activating group) is 1. The quantitative estimate of drug-likeness (QED) is 0.425. The van der Waals surface area contributed by atoms with E-state index in [0.717, 1.165) is 32.1 Å². The summed E-state index contributed by atoms with van der Waals surface area (Å²) in [5.74, 6) is 0.475. The molecule has 0 saturated carbocycles. The second kappa shape index (κ2) is 9.87. The maximum absolute atomic E-state index is 11.1. The highest BCUT2D eigenvalue weighted by Crippen LogP contribution is 2.39. The summed E-state index contributed by atoms with van der Waals surface area (Å²) < 4.78 is 16.7.